The van der Waals surface area contributed by atoms with Crippen LogP contribution in [0, 0.1) is 0 Å². The molecule has 10 nitrogen and oxygen atoms in total. The van der Waals surface area contributed by atoms with Gasteiger partial charge in [0.1, 0.15) is 6.33 Å². The Balaban J connectivity index is 1.77. The molecule has 0 aliphatic heterocycles. The second-order valence-electron chi connectivity index (χ2n) is 6.07. The third-order valence-electron chi connectivity index (χ3n) is 4.23. The van der Waals surface area contributed by atoms with Gasteiger partial charge >= 0.3 is 0 Å². The summed E-state index contributed by atoms with van der Waals surface area (Å²) in [6.45, 7) is 0. The van der Waals surface area contributed by atoms with Gasteiger partial charge < -0.3 is 18.9 Å². The minimum Gasteiger partial charge on any atom is -0.493 e. The van der Waals surface area contributed by atoms with Crippen molar-refractivity contribution in [2.75, 3.05) is 33.9 Å². The van der Waals surface area contributed by atoms with Crippen LogP contribution < -0.4 is 24.4 Å². The molecule has 32 heavy (non-hydrogen) atoms. The molecule has 1 N–H and O–H groups in total. The Kier molecular flexibility index (Phi) is 8.06. The minimum absolute atomic E-state index is 0.325. The van der Waals surface area contributed by atoms with Crippen LogP contribution in [0.25, 0.3) is 0 Å². The van der Waals surface area contributed by atoms with Crippen LogP contribution in [-0.4, -0.2) is 55.7 Å². The molecule has 12 heteroatoms. The second-order valence-corrected chi connectivity index (χ2v) is 7.78. The highest BCUT2D eigenvalue weighted by Crippen LogP contribution is 2.33. The van der Waals surface area contributed by atoms with Crippen LogP contribution >= 0.6 is 31.9 Å². The Hall–Kier alpha value is -3.12. The molecule has 0 spiro atoms. The number of methoxy groups -OCH3 is 4. The first-order valence-corrected chi connectivity index (χ1v) is 10.7. The molecule has 0 amide bonds. The molecule has 2 aromatic carbocycles. The van der Waals surface area contributed by atoms with Crippen LogP contribution in [-0.2, 0) is 0 Å². The predicted octanol–water partition coefficient (Wildman–Crippen LogP) is 4.17. The minimum atomic E-state index is 0.325. The third-order valence-corrected chi connectivity index (χ3v) is 5.60. The Morgan fingerprint density at radius 1 is 0.812 bits per heavy atom. The summed E-state index contributed by atoms with van der Waals surface area (Å²) < 4.78 is 24.3. The Labute approximate surface area is 201 Å². The highest BCUT2D eigenvalue weighted by atomic mass is 79.9. The Morgan fingerprint density at radius 3 is 1.84 bits per heavy atom. The number of rotatable bonds is 9. The first-order valence-electron chi connectivity index (χ1n) is 9.07. The van der Waals surface area contributed by atoms with Gasteiger partial charge in [-0.25, -0.2) is 5.43 Å². The Bertz CT molecular complexity index is 1150. The molecule has 0 aliphatic rings. The van der Waals surface area contributed by atoms with Gasteiger partial charge in [-0.3, -0.25) is 0 Å². The summed E-state index contributed by atoms with van der Waals surface area (Å²) in [5, 5.41) is 16.5. The second kappa shape index (κ2) is 11.0. The van der Waals surface area contributed by atoms with Gasteiger partial charge in [0.25, 0.3) is 5.95 Å². The highest BCUT2D eigenvalue weighted by Gasteiger charge is 2.10. The molecule has 1 heterocycles. The largest absolute Gasteiger partial charge is 0.493 e. The van der Waals surface area contributed by atoms with E-state index in [1.54, 1.807) is 65.1 Å². The predicted molar refractivity (Wildman–Crippen MR) is 129 cm³/mol. The van der Waals surface area contributed by atoms with Crippen molar-refractivity contribution in [1.82, 2.24) is 14.9 Å². The average molecular weight is 568 g/mol. The van der Waals surface area contributed by atoms with Crippen molar-refractivity contribution < 1.29 is 18.9 Å². The number of aromatic nitrogens is 3. The van der Waals surface area contributed by atoms with E-state index in [4.69, 9.17) is 18.9 Å². The van der Waals surface area contributed by atoms with Gasteiger partial charge in [0.15, 0.2) is 23.0 Å². The number of anilines is 1. The maximum absolute atomic E-state index is 5.34. The van der Waals surface area contributed by atoms with E-state index in [0.717, 1.165) is 20.1 Å². The van der Waals surface area contributed by atoms with E-state index < -0.39 is 0 Å². The molecular formula is C20H20Br2N6O4. The molecule has 168 valence electrons. The first kappa shape index (κ1) is 23.5. The summed E-state index contributed by atoms with van der Waals surface area (Å²) in [5.41, 5.74) is 4.38. The zero-order valence-electron chi connectivity index (χ0n) is 17.7. The maximum Gasteiger partial charge on any atom is 0.265 e. The van der Waals surface area contributed by atoms with E-state index in [9.17, 15) is 0 Å². The van der Waals surface area contributed by atoms with E-state index in [-0.39, 0.29) is 0 Å². The topological polar surface area (TPSA) is 104 Å². The SMILES string of the molecule is COc1cc(Br)c(/C=N\Nc2nncn2/N=C\c2cc(OC)c(OC)cc2Br)cc1OC. The number of ether oxygens (including phenoxy) is 4. The number of nitrogens with zero attached hydrogens (tertiary/aromatic N) is 5. The summed E-state index contributed by atoms with van der Waals surface area (Å²) in [5.74, 6) is 2.72. The smallest absolute Gasteiger partial charge is 0.265 e. The molecule has 0 atom stereocenters. The van der Waals surface area contributed by atoms with Gasteiger partial charge in [0.2, 0.25) is 0 Å². The number of hydrogen-bond acceptors (Lipinski definition) is 9. The lowest BCUT2D eigenvalue weighted by atomic mass is 10.2. The first-order chi connectivity index (χ1) is 15.5. The fourth-order valence-corrected chi connectivity index (χ4v) is 3.46. The number of hydrazone groups is 1. The van der Waals surface area contributed by atoms with E-state index in [0.29, 0.717) is 28.9 Å². The number of benzene rings is 2. The average Bonchev–Trinajstić information content (AvgIpc) is 3.25. The fourth-order valence-electron chi connectivity index (χ4n) is 2.61. The van der Waals surface area contributed by atoms with Crippen LogP contribution in [0.4, 0.5) is 5.95 Å². The molecule has 3 rings (SSSR count). The monoisotopic (exact) mass is 566 g/mol. The van der Waals surface area contributed by atoms with Gasteiger partial charge in [-0.2, -0.15) is 14.9 Å². The molecule has 0 saturated carbocycles. The van der Waals surface area contributed by atoms with Crippen molar-refractivity contribution in [2.24, 2.45) is 10.2 Å². The zero-order chi connectivity index (χ0) is 23.1. The molecule has 3 aromatic rings. The van der Waals surface area contributed by atoms with Crippen LogP contribution in [0.1, 0.15) is 11.1 Å². The third kappa shape index (κ3) is 5.37. The lowest BCUT2D eigenvalue weighted by Crippen LogP contribution is -2.00. The van der Waals surface area contributed by atoms with E-state index in [2.05, 4.69) is 57.7 Å². The van der Waals surface area contributed by atoms with Crippen molar-refractivity contribution in [2.45, 2.75) is 0 Å². The van der Waals surface area contributed by atoms with Crippen LogP contribution in [0.3, 0.4) is 0 Å². The number of nitrogens with one attached hydrogen (secondary N) is 1. The Morgan fingerprint density at radius 2 is 1.31 bits per heavy atom. The van der Waals surface area contributed by atoms with Crippen molar-refractivity contribution in [1.29, 1.82) is 0 Å². The van der Waals surface area contributed by atoms with Crippen molar-refractivity contribution in [3.05, 3.63) is 50.7 Å². The molecule has 0 unspecified atom stereocenters. The zero-order valence-corrected chi connectivity index (χ0v) is 20.8. The van der Waals surface area contributed by atoms with E-state index >= 15 is 0 Å². The molecule has 0 saturated heterocycles. The van der Waals surface area contributed by atoms with Crippen molar-refractivity contribution >= 4 is 50.2 Å². The standard InChI is InChI=1S/C20H20Br2N6O4/c1-29-16-5-12(14(21)7-18(16)31-3)9-23-26-20-27-24-11-28(20)25-10-13-6-17(30-2)19(32-4)8-15(13)22/h5-11H,1-4H3,(H,26,27)/b23-9-,25-10-. The summed E-state index contributed by atoms with van der Waals surface area (Å²) in [7, 11) is 6.30. The lowest BCUT2D eigenvalue weighted by Gasteiger charge is -2.09. The van der Waals surface area contributed by atoms with Crippen LogP contribution in [0.2, 0.25) is 0 Å². The van der Waals surface area contributed by atoms with E-state index in [1.165, 1.54) is 11.0 Å². The molecule has 0 aliphatic carbocycles. The molecule has 1 aromatic heterocycles. The quantitative estimate of drug-likeness (QED) is 0.306. The van der Waals surface area contributed by atoms with Gasteiger partial charge in [-0.15, -0.1) is 10.2 Å². The molecule has 0 radical (unpaired) electrons. The highest BCUT2D eigenvalue weighted by molar-refractivity contribution is 9.10. The van der Waals surface area contributed by atoms with Gasteiger partial charge in [0.05, 0.1) is 40.9 Å². The van der Waals surface area contributed by atoms with Crippen LogP contribution in [0.15, 0.2) is 49.7 Å². The number of halogens is 2. The van der Waals surface area contributed by atoms with E-state index in [1.807, 2.05) is 0 Å². The summed E-state index contributed by atoms with van der Waals surface area (Å²) in [6.07, 6.45) is 4.70. The van der Waals surface area contributed by atoms with Crippen molar-refractivity contribution in [3.63, 3.8) is 0 Å². The molecular weight excluding hydrogens is 548 g/mol. The summed E-state index contributed by atoms with van der Waals surface area (Å²) >= 11 is 6.99. The van der Waals surface area contributed by atoms with Crippen molar-refractivity contribution in [3.8, 4) is 23.0 Å². The molecule has 0 bridgehead atoms. The maximum atomic E-state index is 5.34. The van der Waals surface area contributed by atoms with Crippen LogP contribution in [0.5, 0.6) is 23.0 Å². The lowest BCUT2D eigenvalue weighted by molar-refractivity contribution is 0.354. The van der Waals surface area contributed by atoms with Gasteiger partial charge in [-0.05, 0) is 56.1 Å². The summed E-state index contributed by atoms with van der Waals surface area (Å²) in [6, 6.07) is 7.20. The fraction of sp³-hybridized carbons (Fsp3) is 0.200. The summed E-state index contributed by atoms with van der Waals surface area (Å²) in [4.78, 5) is 0. The van der Waals surface area contributed by atoms with Gasteiger partial charge in [-0.1, -0.05) is 0 Å². The number of hydrogen-bond donors (Lipinski definition) is 1. The molecule has 0 fully saturated rings. The van der Waals surface area contributed by atoms with Gasteiger partial charge in [0, 0.05) is 20.1 Å². The normalized spacial score (nSPS) is 11.2.